The van der Waals surface area contributed by atoms with E-state index in [9.17, 15) is 4.79 Å². The van der Waals surface area contributed by atoms with Crippen LogP contribution in [0.1, 0.15) is 35.1 Å². The van der Waals surface area contributed by atoms with Gasteiger partial charge in [0.25, 0.3) is 0 Å². The lowest BCUT2D eigenvalue weighted by atomic mass is 10.1. The molecule has 0 atom stereocenters. The molecule has 0 saturated heterocycles. The number of nitrogens with two attached hydrogens (primary N) is 1. The van der Waals surface area contributed by atoms with Crippen LogP contribution in [-0.2, 0) is 17.9 Å². The monoisotopic (exact) mass is 478 g/mol. The van der Waals surface area contributed by atoms with E-state index in [-0.39, 0.29) is 29.9 Å². The highest BCUT2D eigenvalue weighted by Gasteiger charge is 2.22. The van der Waals surface area contributed by atoms with E-state index in [2.05, 4.69) is 28.5 Å². The normalized spacial score (nSPS) is 13.1. The maximum atomic E-state index is 12.4. The number of halogens is 1. The summed E-state index contributed by atoms with van der Waals surface area (Å²) in [6.07, 6.45) is 1.19. The lowest BCUT2D eigenvalue weighted by molar-refractivity contribution is -0.131. The van der Waals surface area contributed by atoms with Crippen LogP contribution in [0, 0.1) is 13.8 Å². The Labute approximate surface area is 178 Å². The fourth-order valence-corrected chi connectivity index (χ4v) is 3.33. The molecule has 0 spiro atoms. The lowest BCUT2D eigenvalue weighted by Crippen LogP contribution is -2.25. The number of nitrogens with zero attached hydrogens (tertiary/aromatic N) is 2. The van der Waals surface area contributed by atoms with Gasteiger partial charge in [-0.15, -0.1) is 24.0 Å². The van der Waals surface area contributed by atoms with Crippen LogP contribution in [-0.4, -0.2) is 23.3 Å². The number of carbonyl (C=O) groups excluding carboxylic acids is 1. The van der Waals surface area contributed by atoms with Gasteiger partial charge in [-0.1, -0.05) is 30.3 Å². The van der Waals surface area contributed by atoms with Crippen molar-refractivity contribution in [3.05, 3.63) is 64.7 Å². The van der Waals surface area contributed by atoms with E-state index in [1.54, 1.807) is 0 Å². The highest BCUT2D eigenvalue weighted by molar-refractivity contribution is 14.0. The summed E-state index contributed by atoms with van der Waals surface area (Å²) in [5, 5.41) is 3.11. The molecule has 5 nitrogen and oxygen atoms in total. The standard InChI is InChI=1S/C21H26N4O.HI/c1-15-10-16(2)12-19(11-15)24-21(22)23-9-5-8-20(26)25-13-17-6-3-4-7-18(17)14-25;/h3-4,6-7,10-12H,5,8-9,13-14H2,1-2H3,(H3,22,23,24);1H. The summed E-state index contributed by atoms with van der Waals surface area (Å²) in [4.78, 5) is 18.6. The predicted octanol–water partition coefficient (Wildman–Crippen LogP) is 3.97. The van der Waals surface area contributed by atoms with Crippen molar-refractivity contribution in [2.45, 2.75) is 39.8 Å². The van der Waals surface area contributed by atoms with Gasteiger partial charge in [0.15, 0.2) is 5.96 Å². The van der Waals surface area contributed by atoms with E-state index in [1.807, 2.05) is 43.0 Å². The Hall–Kier alpha value is -2.09. The number of anilines is 1. The minimum absolute atomic E-state index is 0. The Kier molecular flexibility index (Phi) is 7.65. The minimum atomic E-state index is 0. The molecule has 0 fully saturated rings. The lowest BCUT2D eigenvalue weighted by Gasteiger charge is -2.15. The van der Waals surface area contributed by atoms with Crippen molar-refractivity contribution in [2.24, 2.45) is 10.7 Å². The second kappa shape index (κ2) is 9.73. The van der Waals surface area contributed by atoms with Gasteiger partial charge >= 0.3 is 0 Å². The third kappa shape index (κ3) is 5.95. The molecule has 0 aromatic heterocycles. The van der Waals surface area contributed by atoms with E-state index in [0.29, 0.717) is 38.4 Å². The first-order valence-electron chi connectivity index (χ1n) is 9.01. The zero-order valence-electron chi connectivity index (χ0n) is 15.9. The summed E-state index contributed by atoms with van der Waals surface area (Å²) >= 11 is 0. The number of aryl methyl sites for hydroxylation is 2. The van der Waals surface area contributed by atoms with Crippen LogP contribution in [0.15, 0.2) is 47.5 Å². The zero-order chi connectivity index (χ0) is 18.5. The number of amides is 1. The van der Waals surface area contributed by atoms with E-state index in [0.717, 1.165) is 5.69 Å². The Morgan fingerprint density at radius 2 is 1.70 bits per heavy atom. The Bertz CT molecular complexity index is 789. The van der Waals surface area contributed by atoms with E-state index < -0.39 is 0 Å². The molecule has 3 N–H and O–H groups in total. The third-order valence-corrected chi connectivity index (χ3v) is 4.52. The first-order valence-corrected chi connectivity index (χ1v) is 9.01. The number of benzene rings is 2. The number of fused-ring (bicyclic) bond motifs is 1. The molecule has 1 amide bonds. The number of aliphatic imine (C=N–C) groups is 1. The fraction of sp³-hybridized carbons (Fsp3) is 0.333. The molecule has 0 aliphatic carbocycles. The van der Waals surface area contributed by atoms with Gasteiger partial charge in [-0.3, -0.25) is 9.79 Å². The Morgan fingerprint density at radius 1 is 1.11 bits per heavy atom. The molecule has 2 aromatic carbocycles. The highest BCUT2D eigenvalue weighted by Crippen LogP contribution is 2.22. The number of guanidine groups is 1. The van der Waals surface area contributed by atoms with Crippen LogP contribution < -0.4 is 11.1 Å². The summed E-state index contributed by atoms with van der Waals surface area (Å²) in [7, 11) is 0. The molecule has 0 bridgehead atoms. The average molecular weight is 478 g/mol. The van der Waals surface area contributed by atoms with Crippen molar-refractivity contribution in [1.82, 2.24) is 4.90 Å². The number of hydrogen-bond donors (Lipinski definition) is 2. The van der Waals surface area contributed by atoms with E-state index in [1.165, 1.54) is 22.3 Å². The summed E-state index contributed by atoms with van der Waals surface area (Å²) in [5.41, 5.74) is 11.7. The van der Waals surface area contributed by atoms with Gasteiger partial charge in [-0.05, 0) is 54.7 Å². The second-order valence-electron chi connectivity index (χ2n) is 6.89. The Morgan fingerprint density at radius 3 is 2.30 bits per heavy atom. The van der Waals surface area contributed by atoms with Crippen molar-refractivity contribution in [3.63, 3.8) is 0 Å². The molecule has 0 unspecified atom stereocenters. The molecule has 6 heteroatoms. The van der Waals surface area contributed by atoms with Gasteiger partial charge in [0.1, 0.15) is 0 Å². The predicted molar refractivity (Wildman–Crippen MR) is 121 cm³/mol. The number of rotatable bonds is 5. The van der Waals surface area contributed by atoms with Gasteiger partial charge in [0, 0.05) is 31.7 Å². The molecule has 0 saturated carbocycles. The minimum Gasteiger partial charge on any atom is -0.370 e. The number of nitrogens with one attached hydrogen (secondary N) is 1. The average Bonchev–Trinajstić information content (AvgIpc) is 3.02. The second-order valence-corrected chi connectivity index (χ2v) is 6.89. The maximum absolute atomic E-state index is 12.4. The molecule has 27 heavy (non-hydrogen) atoms. The SMILES string of the molecule is Cc1cc(C)cc(NC(N)=NCCCC(=O)N2Cc3ccccc3C2)c1.I. The van der Waals surface area contributed by atoms with Crippen molar-refractivity contribution >= 4 is 41.5 Å². The topological polar surface area (TPSA) is 70.7 Å². The number of carbonyl (C=O) groups is 1. The summed E-state index contributed by atoms with van der Waals surface area (Å²) < 4.78 is 0. The van der Waals surface area contributed by atoms with Crippen LogP contribution in [0.2, 0.25) is 0 Å². The molecule has 1 aliphatic rings. The number of hydrogen-bond acceptors (Lipinski definition) is 2. The molecule has 0 radical (unpaired) electrons. The summed E-state index contributed by atoms with van der Waals surface area (Å²) in [5.74, 6) is 0.563. The van der Waals surface area contributed by atoms with Crippen molar-refractivity contribution in [1.29, 1.82) is 0 Å². The van der Waals surface area contributed by atoms with Gasteiger partial charge in [0.05, 0.1) is 0 Å². The van der Waals surface area contributed by atoms with Crippen LogP contribution in [0.25, 0.3) is 0 Å². The molecule has 1 heterocycles. The highest BCUT2D eigenvalue weighted by atomic mass is 127. The van der Waals surface area contributed by atoms with Gasteiger partial charge in [-0.2, -0.15) is 0 Å². The smallest absolute Gasteiger partial charge is 0.223 e. The van der Waals surface area contributed by atoms with Gasteiger partial charge in [0.2, 0.25) is 5.91 Å². The summed E-state index contributed by atoms with van der Waals surface area (Å²) in [6, 6.07) is 14.4. The molecule has 3 rings (SSSR count). The first kappa shape index (κ1) is 21.2. The quantitative estimate of drug-likeness (QED) is 0.296. The van der Waals surface area contributed by atoms with E-state index >= 15 is 0 Å². The molecule has 2 aromatic rings. The van der Waals surface area contributed by atoms with Gasteiger partial charge < -0.3 is 16.0 Å². The molecular formula is C21H27IN4O. The molecule has 1 aliphatic heterocycles. The Balaban J connectivity index is 0.00000261. The van der Waals surface area contributed by atoms with Crippen molar-refractivity contribution in [3.8, 4) is 0 Å². The van der Waals surface area contributed by atoms with E-state index in [4.69, 9.17) is 5.73 Å². The van der Waals surface area contributed by atoms with Crippen LogP contribution in [0.3, 0.4) is 0 Å². The zero-order valence-corrected chi connectivity index (χ0v) is 18.2. The van der Waals surface area contributed by atoms with Crippen LogP contribution in [0.4, 0.5) is 5.69 Å². The molecule has 144 valence electrons. The van der Waals surface area contributed by atoms with Crippen molar-refractivity contribution < 1.29 is 4.79 Å². The fourth-order valence-electron chi connectivity index (χ4n) is 3.33. The van der Waals surface area contributed by atoms with Crippen molar-refractivity contribution in [2.75, 3.05) is 11.9 Å². The van der Waals surface area contributed by atoms with Gasteiger partial charge in [-0.25, -0.2) is 0 Å². The third-order valence-electron chi connectivity index (χ3n) is 4.52. The maximum Gasteiger partial charge on any atom is 0.223 e. The molecular weight excluding hydrogens is 451 g/mol. The first-order chi connectivity index (χ1) is 12.5. The summed E-state index contributed by atoms with van der Waals surface area (Å²) in [6.45, 7) is 6.07. The van der Waals surface area contributed by atoms with Crippen LogP contribution >= 0.6 is 24.0 Å². The largest absolute Gasteiger partial charge is 0.370 e. The van der Waals surface area contributed by atoms with Crippen LogP contribution in [0.5, 0.6) is 0 Å².